The monoisotopic (exact) mass is 299 g/mol. The van der Waals surface area contributed by atoms with Crippen LogP contribution < -0.4 is 5.32 Å². The Morgan fingerprint density at radius 2 is 2.00 bits per heavy atom. The second kappa shape index (κ2) is 5.36. The molecule has 0 saturated carbocycles. The van der Waals surface area contributed by atoms with Crippen molar-refractivity contribution >= 4 is 16.7 Å². The molecule has 0 atom stereocenters. The topological polar surface area (TPSA) is 66.5 Å². The lowest BCUT2D eigenvalue weighted by Crippen LogP contribution is -2.33. The number of H-pyrrole nitrogens is 1. The van der Waals surface area contributed by atoms with Gasteiger partial charge in [0.25, 0.3) is 0 Å². The van der Waals surface area contributed by atoms with Gasteiger partial charge >= 0.3 is 0 Å². The molecule has 3 heterocycles. The molecule has 6 heteroatoms. The number of aromatic nitrogens is 4. The van der Waals surface area contributed by atoms with Crippen LogP contribution >= 0.6 is 0 Å². The maximum Gasteiger partial charge on any atom is 0.212 e. The molecular weight excluding hydrogens is 281 g/mol. The lowest BCUT2D eigenvalue weighted by atomic mass is 9.95. The first-order chi connectivity index (χ1) is 10.4. The van der Waals surface area contributed by atoms with E-state index < -0.39 is 5.95 Å². The summed E-state index contributed by atoms with van der Waals surface area (Å²) in [5.41, 5.74) is 4.30. The second-order valence-electron chi connectivity index (χ2n) is 6.08. The van der Waals surface area contributed by atoms with E-state index in [1.807, 2.05) is 13.0 Å². The van der Waals surface area contributed by atoms with Crippen LogP contribution in [0.15, 0.2) is 30.6 Å². The molecule has 0 aliphatic heterocycles. The fraction of sp³-hybridized carbons (Fsp3) is 0.312. The summed E-state index contributed by atoms with van der Waals surface area (Å²) < 4.78 is 12.9. The fourth-order valence-electron chi connectivity index (χ4n) is 2.57. The van der Waals surface area contributed by atoms with E-state index in [1.165, 1.54) is 6.07 Å². The maximum absolute atomic E-state index is 12.9. The molecule has 3 aromatic rings. The van der Waals surface area contributed by atoms with Crippen LogP contribution in [0.5, 0.6) is 0 Å². The van der Waals surface area contributed by atoms with Crippen LogP contribution in [0.2, 0.25) is 0 Å². The number of hydrogen-bond donors (Lipinski definition) is 2. The highest BCUT2D eigenvalue weighted by Crippen LogP contribution is 2.25. The molecule has 114 valence electrons. The van der Waals surface area contributed by atoms with Gasteiger partial charge in [-0.2, -0.15) is 9.49 Å². The fourth-order valence-corrected chi connectivity index (χ4v) is 2.57. The molecule has 0 aromatic carbocycles. The summed E-state index contributed by atoms with van der Waals surface area (Å²) in [5.74, 6) is -0.461. The van der Waals surface area contributed by atoms with Gasteiger partial charge in [0.05, 0.1) is 11.4 Å². The molecule has 0 saturated heterocycles. The Balaban J connectivity index is 1.84. The van der Waals surface area contributed by atoms with Gasteiger partial charge < -0.3 is 5.32 Å². The Morgan fingerprint density at radius 3 is 2.73 bits per heavy atom. The third-order valence-corrected chi connectivity index (χ3v) is 3.52. The first-order valence-corrected chi connectivity index (χ1v) is 7.13. The summed E-state index contributed by atoms with van der Waals surface area (Å²) >= 11 is 0. The van der Waals surface area contributed by atoms with E-state index in [1.54, 1.807) is 18.5 Å². The van der Waals surface area contributed by atoms with E-state index in [4.69, 9.17) is 0 Å². The van der Waals surface area contributed by atoms with E-state index in [0.717, 1.165) is 28.0 Å². The van der Waals surface area contributed by atoms with Gasteiger partial charge in [-0.3, -0.25) is 10.1 Å². The van der Waals surface area contributed by atoms with Gasteiger partial charge in [-0.25, -0.2) is 4.98 Å². The van der Waals surface area contributed by atoms with Gasteiger partial charge in [-0.1, -0.05) is 6.07 Å². The summed E-state index contributed by atoms with van der Waals surface area (Å²) in [4.78, 5) is 8.04. The lowest BCUT2D eigenvalue weighted by Gasteiger charge is -2.27. The van der Waals surface area contributed by atoms with Crippen molar-refractivity contribution in [1.29, 1.82) is 0 Å². The molecule has 3 aromatic heterocycles. The average molecular weight is 299 g/mol. The van der Waals surface area contributed by atoms with Crippen LogP contribution in [0.4, 0.5) is 10.1 Å². The number of pyridine rings is 2. The Labute approximate surface area is 128 Å². The predicted molar refractivity (Wildman–Crippen MR) is 84.2 cm³/mol. The van der Waals surface area contributed by atoms with Crippen LogP contribution in [0.25, 0.3) is 11.0 Å². The van der Waals surface area contributed by atoms with Gasteiger partial charge in [0.15, 0.2) is 0 Å². The minimum Gasteiger partial charge on any atom is -0.378 e. The van der Waals surface area contributed by atoms with E-state index in [9.17, 15) is 4.39 Å². The smallest absolute Gasteiger partial charge is 0.212 e. The van der Waals surface area contributed by atoms with Crippen molar-refractivity contribution in [2.24, 2.45) is 0 Å². The first kappa shape index (κ1) is 14.4. The van der Waals surface area contributed by atoms with Gasteiger partial charge in [0.1, 0.15) is 11.0 Å². The third kappa shape index (κ3) is 2.90. The van der Waals surface area contributed by atoms with Gasteiger partial charge in [-0.05, 0) is 44.9 Å². The summed E-state index contributed by atoms with van der Waals surface area (Å²) in [5, 5.41) is 10.8. The molecule has 22 heavy (non-hydrogen) atoms. The van der Waals surface area contributed by atoms with Crippen molar-refractivity contribution in [3.63, 3.8) is 0 Å². The van der Waals surface area contributed by atoms with Crippen molar-refractivity contribution in [3.05, 3.63) is 47.8 Å². The molecule has 0 bridgehead atoms. The Hall–Kier alpha value is -2.50. The molecule has 0 aliphatic rings. The highest BCUT2D eigenvalue weighted by atomic mass is 19.1. The Morgan fingerprint density at radius 1 is 1.18 bits per heavy atom. The van der Waals surface area contributed by atoms with Crippen LogP contribution in [0.3, 0.4) is 0 Å². The molecule has 3 rings (SSSR count). The van der Waals surface area contributed by atoms with E-state index in [-0.39, 0.29) is 5.54 Å². The summed E-state index contributed by atoms with van der Waals surface area (Å²) in [6.07, 6.45) is 4.05. The second-order valence-corrected chi connectivity index (χ2v) is 6.08. The van der Waals surface area contributed by atoms with Crippen molar-refractivity contribution in [2.45, 2.75) is 32.7 Å². The van der Waals surface area contributed by atoms with Crippen LogP contribution in [0, 0.1) is 12.9 Å². The molecule has 0 amide bonds. The molecule has 0 radical (unpaired) electrons. The van der Waals surface area contributed by atoms with Crippen LogP contribution in [-0.4, -0.2) is 25.7 Å². The highest BCUT2D eigenvalue weighted by molar-refractivity contribution is 5.88. The van der Waals surface area contributed by atoms with Crippen molar-refractivity contribution in [3.8, 4) is 0 Å². The molecule has 2 N–H and O–H groups in total. The van der Waals surface area contributed by atoms with E-state index in [0.29, 0.717) is 6.42 Å². The zero-order valence-corrected chi connectivity index (χ0v) is 12.8. The van der Waals surface area contributed by atoms with Crippen molar-refractivity contribution < 1.29 is 4.39 Å². The minimum atomic E-state index is -0.461. The summed E-state index contributed by atoms with van der Waals surface area (Å²) in [6, 6.07) is 5.05. The average Bonchev–Trinajstić information content (AvgIpc) is 2.84. The summed E-state index contributed by atoms with van der Waals surface area (Å²) in [7, 11) is 0. The molecular formula is C16H18FN5. The SMILES string of the molecule is Cc1[nH]nc2c(NC(C)(C)Cc3ccc(F)nc3)ccnc12. The van der Waals surface area contributed by atoms with Gasteiger partial charge in [0, 0.05) is 17.9 Å². The van der Waals surface area contributed by atoms with Gasteiger partial charge in [0.2, 0.25) is 5.95 Å². The summed E-state index contributed by atoms with van der Waals surface area (Å²) in [6.45, 7) is 6.12. The number of hydrogen-bond acceptors (Lipinski definition) is 4. The zero-order valence-electron chi connectivity index (χ0n) is 12.8. The number of anilines is 1. The number of aryl methyl sites for hydroxylation is 1. The number of fused-ring (bicyclic) bond motifs is 1. The zero-order chi connectivity index (χ0) is 15.7. The normalized spacial score (nSPS) is 11.8. The third-order valence-electron chi connectivity index (χ3n) is 3.52. The van der Waals surface area contributed by atoms with Gasteiger partial charge in [-0.15, -0.1) is 0 Å². The lowest BCUT2D eigenvalue weighted by molar-refractivity contribution is 0.554. The number of rotatable bonds is 4. The maximum atomic E-state index is 12.9. The standard InChI is InChI=1S/C16H18FN5/c1-10-14-15(22-21-10)12(6-7-18-14)20-16(2,3)8-11-4-5-13(17)19-9-11/h4-7,9H,8H2,1-3H3,(H,18,20)(H,21,22). The predicted octanol–water partition coefficient (Wildman–Crippen LogP) is 3.23. The Bertz CT molecular complexity index is 792. The minimum absolute atomic E-state index is 0.235. The molecule has 0 fully saturated rings. The van der Waals surface area contributed by atoms with Crippen LogP contribution in [-0.2, 0) is 6.42 Å². The number of halogens is 1. The number of nitrogens with one attached hydrogen (secondary N) is 2. The largest absolute Gasteiger partial charge is 0.378 e. The quantitative estimate of drug-likeness (QED) is 0.726. The molecule has 0 spiro atoms. The highest BCUT2D eigenvalue weighted by Gasteiger charge is 2.20. The van der Waals surface area contributed by atoms with E-state index in [2.05, 4.69) is 39.3 Å². The molecule has 5 nitrogen and oxygen atoms in total. The van der Waals surface area contributed by atoms with E-state index >= 15 is 0 Å². The molecule has 0 unspecified atom stereocenters. The first-order valence-electron chi connectivity index (χ1n) is 7.13. The van der Waals surface area contributed by atoms with Crippen LogP contribution in [0.1, 0.15) is 25.1 Å². The molecule has 0 aliphatic carbocycles. The number of nitrogens with zero attached hydrogens (tertiary/aromatic N) is 3. The number of aromatic amines is 1. The Kier molecular flexibility index (Phi) is 3.52. The van der Waals surface area contributed by atoms with Crippen molar-refractivity contribution in [1.82, 2.24) is 20.2 Å². The van der Waals surface area contributed by atoms with Crippen molar-refractivity contribution in [2.75, 3.05) is 5.32 Å².